The van der Waals surface area contributed by atoms with Crippen LogP contribution >= 0.6 is 0 Å². The Labute approximate surface area is 116 Å². The van der Waals surface area contributed by atoms with Crippen molar-refractivity contribution in [3.05, 3.63) is 0 Å². The van der Waals surface area contributed by atoms with Crippen LogP contribution in [0.4, 0.5) is 0 Å². The van der Waals surface area contributed by atoms with Crippen molar-refractivity contribution < 1.29 is 4.79 Å². The molecular weight excluding hydrogens is 238 g/mol. The van der Waals surface area contributed by atoms with E-state index in [-0.39, 0.29) is 11.3 Å². The van der Waals surface area contributed by atoms with Gasteiger partial charge in [0.1, 0.15) is 0 Å². The molecule has 1 amide bonds. The Morgan fingerprint density at radius 3 is 2.42 bits per heavy atom. The third kappa shape index (κ3) is 2.29. The molecule has 2 aliphatic heterocycles. The molecule has 108 valence electrons. The Kier molecular flexibility index (Phi) is 3.56. The van der Waals surface area contributed by atoms with Gasteiger partial charge in [0.25, 0.3) is 0 Å². The molecule has 19 heavy (non-hydrogen) atoms. The number of hydrogen-bond donors (Lipinski definition) is 2. The van der Waals surface area contributed by atoms with E-state index in [9.17, 15) is 4.79 Å². The lowest BCUT2D eigenvalue weighted by molar-refractivity contribution is -0.135. The summed E-state index contributed by atoms with van der Waals surface area (Å²) in [5, 5.41) is 3.19. The van der Waals surface area contributed by atoms with Crippen LogP contribution in [0, 0.1) is 11.3 Å². The monoisotopic (exact) mass is 265 g/mol. The van der Waals surface area contributed by atoms with Crippen molar-refractivity contribution in [3.63, 3.8) is 0 Å². The van der Waals surface area contributed by atoms with Crippen LogP contribution < -0.4 is 11.1 Å². The van der Waals surface area contributed by atoms with E-state index in [1.807, 2.05) is 0 Å². The second-order valence-corrected chi connectivity index (χ2v) is 6.94. The zero-order chi connectivity index (χ0) is 13.5. The Bertz CT molecular complexity index is 334. The Balaban J connectivity index is 1.49. The fraction of sp³-hybridized carbons (Fsp3) is 0.933. The third-order valence-electron chi connectivity index (χ3n) is 5.93. The van der Waals surface area contributed by atoms with Crippen molar-refractivity contribution >= 4 is 5.91 Å². The molecular formula is C15H27N3O. The van der Waals surface area contributed by atoms with Gasteiger partial charge in [-0.15, -0.1) is 0 Å². The molecule has 0 aromatic heterocycles. The third-order valence-corrected chi connectivity index (χ3v) is 5.93. The minimum Gasteiger partial charge on any atom is -0.355 e. The van der Waals surface area contributed by atoms with Crippen molar-refractivity contribution in [3.8, 4) is 0 Å². The molecule has 4 nitrogen and oxygen atoms in total. The summed E-state index contributed by atoms with van der Waals surface area (Å²) in [6.45, 7) is 1.37. The molecule has 1 aliphatic carbocycles. The molecule has 3 rings (SSSR count). The van der Waals surface area contributed by atoms with Crippen molar-refractivity contribution in [1.29, 1.82) is 0 Å². The van der Waals surface area contributed by atoms with E-state index in [1.54, 1.807) is 0 Å². The molecule has 2 bridgehead atoms. The van der Waals surface area contributed by atoms with Gasteiger partial charge >= 0.3 is 0 Å². The van der Waals surface area contributed by atoms with Gasteiger partial charge in [0.15, 0.2) is 0 Å². The average molecular weight is 265 g/mol. The summed E-state index contributed by atoms with van der Waals surface area (Å²) in [4.78, 5) is 14.8. The second kappa shape index (κ2) is 5.06. The van der Waals surface area contributed by atoms with E-state index in [1.165, 1.54) is 25.7 Å². The van der Waals surface area contributed by atoms with Crippen LogP contribution in [0.5, 0.6) is 0 Å². The number of carbonyl (C=O) groups is 1. The first-order valence-electron chi connectivity index (χ1n) is 7.85. The minimum absolute atomic E-state index is 0.215. The SMILES string of the molecule is CN1C2CCC1CC(CNC(=O)C1(CN)CCC1)C2. The zero-order valence-corrected chi connectivity index (χ0v) is 12.0. The summed E-state index contributed by atoms with van der Waals surface area (Å²) in [5.74, 6) is 0.889. The smallest absolute Gasteiger partial charge is 0.227 e. The van der Waals surface area contributed by atoms with Gasteiger partial charge in [-0.05, 0) is 51.5 Å². The Morgan fingerprint density at radius 2 is 1.95 bits per heavy atom. The quantitative estimate of drug-likeness (QED) is 0.800. The molecule has 3 N–H and O–H groups in total. The number of nitrogens with zero attached hydrogens (tertiary/aromatic N) is 1. The number of nitrogens with two attached hydrogens (primary N) is 1. The van der Waals surface area contributed by atoms with Crippen LogP contribution in [0.25, 0.3) is 0 Å². The first-order chi connectivity index (χ1) is 9.14. The predicted molar refractivity (Wildman–Crippen MR) is 75.6 cm³/mol. The number of nitrogens with one attached hydrogen (secondary N) is 1. The van der Waals surface area contributed by atoms with Gasteiger partial charge in [-0.3, -0.25) is 4.79 Å². The number of hydrogen-bond acceptors (Lipinski definition) is 3. The molecule has 1 saturated carbocycles. The molecule has 3 aliphatic rings. The van der Waals surface area contributed by atoms with Crippen LogP contribution in [-0.4, -0.2) is 43.0 Å². The maximum absolute atomic E-state index is 12.3. The summed E-state index contributed by atoms with van der Waals surface area (Å²) in [6.07, 6.45) is 8.31. The van der Waals surface area contributed by atoms with Gasteiger partial charge < -0.3 is 16.0 Å². The van der Waals surface area contributed by atoms with Crippen molar-refractivity contribution in [1.82, 2.24) is 10.2 Å². The average Bonchev–Trinajstić information content (AvgIpc) is 2.59. The van der Waals surface area contributed by atoms with E-state index >= 15 is 0 Å². The lowest BCUT2D eigenvalue weighted by Crippen LogP contribution is -2.52. The fourth-order valence-electron chi connectivity index (χ4n) is 4.24. The minimum atomic E-state index is -0.218. The first-order valence-corrected chi connectivity index (χ1v) is 7.85. The van der Waals surface area contributed by atoms with E-state index < -0.39 is 0 Å². The van der Waals surface area contributed by atoms with E-state index in [0.29, 0.717) is 12.5 Å². The largest absolute Gasteiger partial charge is 0.355 e. The number of piperidine rings is 1. The predicted octanol–water partition coefficient (Wildman–Crippen LogP) is 1.10. The fourth-order valence-corrected chi connectivity index (χ4v) is 4.24. The van der Waals surface area contributed by atoms with Crippen molar-refractivity contribution in [2.75, 3.05) is 20.1 Å². The van der Waals surface area contributed by atoms with E-state index in [4.69, 9.17) is 5.73 Å². The topological polar surface area (TPSA) is 58.4 Å². The zero-order valence-electron chi connectivity index (χ0n) is 12.0. The molecule has 0 radical (unpaired) electrons. The van der Waals surface area contributed by atoms with Gasteiger partial charge in [-0.25, -0.2) is 0 Å². The highest BCUT2D eigenvalue weighted by molar-refractivity contribution is 5.83. The molecule has 0 spiro atoms. The number of carbonyl (C=O) groups excluding carboxylic acids is 1. The number of rotatable bonds is 4. The van der Waals surface area contributed by atoms with Crippen LogP contribution in [-0.2, 0) is 4.79 Å². The van der Waals surface area contributed by atoms with Crippen molar-refractivity contribution in [2.24, 2.45) is 17.1 Å². The standard InChI is InChI=1S/C15H27N3O/c1-18-12-3-4-13(18)8-11(7-12)9-17-14(19)15(10-16)5-2-6-15/h11-13H,2-10,16H2,1H3,(H,17,19). The molecule has 2 heterocycles. The summed E-state index contributed by atoms with van der Waals surface area (Å²) < 4.78 is 0. The first kappa shape index (κ1) is 13.4. The van der Waals surface area contributed by atoms with Gasteiger partial charge in [0.05, 0.1) is 5.41 Å². The Hall–Kier alpha value is -0.610. The highest BCUT2D eigenvalue weighted by Gasteiger charge is 2.43. The number of amides is 1. The lowest BCUT2D eigenvalue weighted by Gasteiger charge is -2.40. The molecule has 0 aromatic rings. The van der Waals surface area contributed by atoms with Gasteiger partial charge in [-0.1, -0.05) is 6.42 Å². The Morgan fingerprint density at radius 1 is 1.32 bits per heavy atom. The van der Waals surface area contributed by atoms with Gasteiger partial charge in [0.2, 0.25) is 5.91 Å². The molecule has 2 unspecified atom stereocenters. The normalized spacial score (nSPS) is 36.8. The number of fused-ring (bicyclic) bond motifs is 2. The molecule has 0 aromatic carbocycles. The van der Waals surface area contributed by atoms with Crippen molar-refractivity contribution in [2.45, 2.75) is 57.0 Å². The van der Waals surface area contributed by atoms with Crippen LogP contribution in [0.2, 0.25) is 0 Å². The highest BCUT2D eigenvalue weighted by Crippen LogP contribution is 2.40. The molecule has 2 saturated heterocycles. The van der Waals surface area contributed by atoms with Crippen LogP contribution in [0.1, 0.15) is 44.9 Å². The summed E-state index contributed by atoms with van der Waals surface area (Å²) in [5.41, 5.74) is 5.57. The van der Waals surface area contributed by atoms with Crippen LogP contribution in [0.15, 0.2) is 0 Å². The van der Waals surface area contributed by atoms with E-state index in [0.717, 1.165) is 37.9 Å². The lowest BCUT2D eigenvalue weighted by atomic mass is 9.68. The summed E-state index contributed by atoms with van der Waals surface area (Å²) in [7, 11) is 2.26. The summed E-state index contributed by atoms with van der Waals surface area (Å²) >= 11 is 0. The van der Waals surface area contributed by atoms with Gasteiger partial charge in [0, 0.05) is 25.2 Å². The molecule has 4 heteroatoms. The maximum Gasteiger partial charge on any atom is 0.227 e. The van der Waals surface area contributed by atoms with E-state index in [2.05, 4.69) is 17.3 Å². The second-order valence-electron chi connectivity index (χ2n) is 6.94. The molecule has 2 atom stereocenters. The van der Waals surface area contributed by atoms with Gasteiger partial charge in [-0.2, -0.15) is 0 Å². The highest BCUT2D eigenvalue weighted by atomic mass is 16.2. The maximum atomic E-state index is 12.3. The summed E-state index contributed by atoms with van der Waals surface area (Å²) in [6, 6.07) is 1.51. The molecule has 3 fully saturated rings. The van der Waals surface area contributed by atoms with Crippen LogP contribution in [0.3, 0.4) is 0 Å².